The van der Waals surface area contributed by atoms with Crippen LogP contribution in [0.4, 0.5) is 4.79 Å². The Hall–Kier alpha value is -0.460. The molecule has 0 saturated carbocycles. The van der Waals surface area contributed by atoms with Crippen LogP contribution in [-0.2, 0) is 4.74 Å². The molecule has 1 saturated heterocycles. The van der Waals surface area contributed by atoms with Crippen LogP contribution in [0, 0.1) is 0 Å². The molecule has 1 aliphatic heterocycles. The highest BCUT2D eigenvalue weighted by Gasteiger charge is 2.18. The monoisotopic (exact) mass is 219 g/mol. The SMILES string of the molecule is CN(C(=O)NCCS)N1CCOCC1. The summed E-state index contributed by atoms with van der Waals surface area (Å²) in [6.07, 6.45) is 0. The highest BCUT2D eigenvalue weighted by Crippen LogP contribution is 2.00. The van der Waals surface area contributed by atoms with E-state index < -0.39 is 0 Å². The quantitative estimate of drug-likeness (QED) is 0.646. The van der Waals surface area contributed by atoms with Crippen molar-refractivity contribution in [2.24, 2.45) is 0 Å². The summed E-state index contributed by atoms with van der Waals surface area (Å²) in [5.41, 5.74) is 0. The molecule has 2 amide bonds. The van der Waals surface area contributed by atoms with Crippen molar-refractivity contribution in [3.63, 3.8) is 0 Å². The molecule has 1 aliphatic rings. The van der Waals surface area contributed by atoms with Gasteiger partial charge in [0.2, 0.25) is 0 Å². The molecule has 0 aliphatic carbocycles. The zero-order valence-electron chi connectivity index (χ0n) is 8.40. The van der Waals surface area contributed by atoms with Crippen LogP contribution in [-0.4, -0.2) is 61.7 Å². The summed E-state index contributed by atoms with van der Waals surface area (Å²) < 4.78 is 5.20. The fourth-order valence-corrected chi connectivity index (χ4v) is 1.37. The maximum atomic E-state index is 11.5. The van der Waals surface area contributed by atoms with E-state index in [-0.39, 0.29) is 6.03 Å². The van der Waals surface area contributed by atoms with Crippen molar-refractivity contribution in [3.8, 4) is 0 Å². The first-order valence-corrected chi connectivity index (χ1v) is 5.34. The number of urea groups is 1. The number of carbonyl (C=O) groups excluding carboxylic acids is 1. The average Bonchev–Trinajstić information content (AvgIpc) is 2.26. The Bertz CT molecular complexity index is 185. The van der Waals surface area contributed by atoms with Crippen LogP contribution in [0.3, 0.4) is 0 Å². The van der Waals surface area contributed by atoms with Crippen LogP contribution in [0.15, 0.2) is 0 Å². The Kier molecular flexibility index (Phi) is 5.06. The van der Waals surface area contributed by atoms with Crippen molar-refractivity contribution in [1.82, 2.24) is 15.3 Å². The maximum Gasteiger partial charge on any atom is 0.331 e. The van der Waals surface area contributed by atoms with Gasteiger partial charge in [0.15, 0.2) is 0 Å². The van der Waals surface area contributed by atoms with E-state index in [2.05, 4.69) is 17.9 Å². The second-order valence-corrected chi connectivity index (χ2v) is 3.49. The summed E-state index contributed by atoms with van der Waals surface area (Å²) in [6, 6.07) is -0.0825. The molecule has 0 spiro atoms. The van der Waals surface area contributed by atoms with E-state index in [0.29, 0.717) is 25.5 Å². The van der Waals surface area contributed by atoms with E-state index in [0.717, 1.165) is 13.1 Å². The first-order chi connectivity index (χ1) is 6.75. The molecule has 0 bridgehead atoms. The van der Waals surface area contributed by atoms with Crippen molar-refractivity contribution in [1.29, 1.82) is 0 Å². The number of amides is 2. The van der Waals surface area contributed by atoms with Crippen LogP contribution in [0.25, 0.3) is 0 Å². The number of hydrogen-bond acceptors (Lipinski definition) is 4. The number of carbonyl (C=O) groups is 1. The molecule has 6 heteroatoms. The Morgan fingerprint density at radius 3 is 2.79 bits per heavy atom. The third-order valence-corrected chi connectivity index (χ3v) is 2.32. The van der Waals surface area contributed by atoms with Gasteiger partial charge < -0.3 is 10.1 Å². The first kappa shape index (κ1) is 11.6. The average molecular weight is 219 g/mol. The Balaban J connectivity index is 2.30. The van der Waals surface area contributed by atoms with Gasteiger partial charge in [0.25, 0.3) is 0 Å². The van der Waals surface area contributed by atoms with Gasteiger partial charge in [-0.2, -0.15) is 12.6 Å². The molecule has 5 nitrogen and oxygen atoms in total. The highest BCUT2D eigenvalue weighted by molar-refractivity contribution is 7.80. The normalized spacial score (nSPS) is 17.9. The van der Waals surface area contributed by atoms with E-state index in [9.17, 15) is 4.79 Å². The number of ether oxygens (including phenoxy) is 1. The van der Waals surface area contributed by atoms with Gasteiger partial charge in [0.1, 0.15) is 0 Å². The second kappa shape index (κ2) is 6.10. The fourth-order valence-electron chi connectivity index (χ4n) is 1.26. The van der Waals surface area contributed by atoms with E-state index in [1.165, 1.54) is 0 Å². The van der Waals surface area contributed by atoms with E-state index >= 15 is 0 Å². The van der Waals surface area contributed by atoms with Gasteiger partial charge in [-0.1, -0.05) is 0 Å². The van der Waals surface area contributed by atoms with Gasteiger partial charge in [-0.15, -0.1) is 0 Å². The summed E-state index contributed by atoms with van der Waals surface area (Å²) in [6.45, 7) is 3.50. The third kappa shape index (κ3) is 3.36. The summed E-state index contributed by atoms with van der Waals surface area (Å²) >= 11 is 4.02. The molecule has 1 N–H and O–H groups in total. The maximum absolute atomic E-state index is 11.5. The standard InChI is InChI=1S/C8H17N3O2S/c1-10(8(12)9-2-7-14)11-3-5-13-6-4-11/h14H,2-7H2,1H3,(H,9,12). The minimum absolute atomic E-state index is 0.0825. The summed E-state index contributed by atoms with van der Waals surface area (Å²) in [7, 11) is 1.76. The van der Waals surface area contributed by atoms with Crippen LogP contribution in [0.1, 0.15) is 0 Å². The Labute approximate surface area is 89.8 Å². The minimum Gasteiger partial charge on any atom is -0.379 e. The van der Waals surface area contributed by atoms with Crippen LogP contribution in [0.5, 0.6) is 0 Å². The molecule has 1 rings (SSSR count). The molecule has 1 fully saturated rings. The van der Waals surface area contributed by atoms with Crippen molar-refractivity contribution < 1.29 is 9.53 Å². The van der Waals surface area contributed by atoms with Crippen molar-refractivity contribution in [2.45, 2.75) is 0 Å². The molecule has 0 aromatic carbocycles. The van der Waals surface area contributed by atoms with Gasteiger partial charge in [-0.25, -0.2) is 9.80 Å². The highest BCUT2D eigenvalue weighted by atomic mass is 32.1. The Morgan fingerprint density at radius 2 is 2.21 bits per heavy atom. The number of nitrogens with zero attached hydrogens (tertiary/aromatic N) is 2. The van der Waals surface area contributed by atoms with Crippen LogP contribution >= 0.6 is 12.6 Å². The molecule has 0 aromatic rings. The summed E-state index contributed by atoms with van der Waals surface area (Å²) in [4.78, 5) is 11.5. The molecule has 0 atom stereocenters. The van der Waals surface area contributed by atoms with Crippen molar-refractivity contribution >= 4 is 18.7 Å². The number of nitrogens with one attached hydrogen (secondary N) is 1. The van der Waals surface area contributed by atoms with E-state index in [1.54, 1.807) is 12.1 Å². The van der Waals surface area contributed by atoms with Gasteiger partial charge in [-0.3, -0.25) is 5.01 Å². The molecule has 1 heterocycles. The van der Waals surface area contributed by atoms with E-state index in [1.807, 2.05) is 5.01 Å². The summed E-state index contributed by atoms with van der Waals surface area (Å²) in [5.74, 6) is 0.655. The minimum atomic E-state index is -0.0825. The predicted octanol–water partition coefficient (Wildman–Crippen LogP) is -0.195. The Morgan fingerprint density at radius 1 is 1.57 bits per heavy atom. The number of thiol groups is 1. The molecule has 0 aromatic heterocycles. The molecule has 14 heavy (non-hydrogen) atoms. The second-order valence-electron chi connectivity index (χ2n) is 3.05. The van der Waals surface area contributed by atoms with Crippen LogP contribution < -0.4 is 5.32 Å². The molecule has 0 radical (unpaired) electrons. The topological polar surface area (TPSA) is 44.8 Å². The van der Waals surface area contributed by atoms with Gasteiger partial charge in [-0.05, 0) is 0 Å². The fraction of sp³-hybridized carbons (Fsp3) is 0.875. The molecular formula is C8H17N3O2S. The molecule has 0 unspecified atom stereocenters. The zero-order valence-corrected chi connectivity index (χ0v) is 9.30. The smallest absolute Gasteiger partial charge is 0.331 e. The number of morpholine rings is 1. The van der Waals surface area contributed by atoms with Crippen LogP contribution in [0.2, 0.25) is 0 Å². The molecular weight excluding hydrogens is 202 g/mol. The third-order valence-electron chi connectivity index (χ3n) is 2.09. The number of hydrogen-bond donors (Lipinski definition) is 2. The van der Waals surface area contributed by atoms with Gasteiger partial charge >= 0.3 is 6.03 Å². The first-order valence-electron chi connectivity index (χ1n) is 4.70. The van der Waals surface area contributed by atoms with Gasteiger partial charge in [0.05, 0.1) is 13.2 Å². The number of hydrazine groups is 1. The lowest BCUT2D eigenvalue weighted by atomic mass is 10.5. The van der Waals surface area contributed by atoms with Gasteiger partial charge in [0, 0.05) is 32.4 Å². The molecule has 82 valence electrons. The lowest BCUT2D eigenvalue weighted by molar-refractivity contribution is -0.0504. The zero-order chi connectivity index (χ0) is 10.4. The number of rotatable bonds is 3. The van der Waals surface area contributed by atoms with Crippen molar-refractivity contribution in [2.75, 3.05) is 45.6 Å². The lowest BCUT2D eigenvalue weighted by Crippen LogP contribution is -2.52. The lowest BCUT2D eigenvalue weighted by Gasteiger charge is -2.34. The predicted molar refractivity (Wildman–Crippen MR) is 57.4 cm³/mol. The summed E-state index contributed by atoms with van der Waals surface area (Å²) in [5, 5.41) is 6.33. The van der Waals surface area contributed by atoms with Crippen molar-refractivity contribution in [3.05, 3.63) is 0 Å². The largest absolute Gasteiger partial charge is 0.379 e. The van der Waals surface area contributed by atoms with E-state index in [4.69, 9.17) is 4.74 Å².